The third kappa shape index (κ3) is 3.05. The summed E-state index contributed by atoms with van der Waals surface area (Å²) in [5.74, 6) is 2.24. The molecule has 0 unspecified atom stereocenters. The highest BCUT2D eigenvalue weighted by Crippen LogP contribution is 2.31. The van der Waals surface area contributed by atoms with E-state index in [9.17, 15) is 0 Å². The molecular weight excluding hydrogens is 270 g/mol. The van der Waals surface area contributed by atoms with Gasteiger partial charge in [-0.1, -0.05) is 29.2 Å². The van der Waals surface area contributed by atoms with Gasteiger partial charge in [0, 0.05) is 5.75 Å². The van der Waals surface area contributed by atoms with Gasteiger partial charge < -0.3 is 15.2 Å². The van der Waals surface area contributed by atoms with Gasteiger partial charge in [-0.05, 0) is 17.7 Å². The summed E-state index contributed by atoms with van der Waals surface area (Å²) in [5.41, 5.74) is 6.66. The van der Waals surface area contributed by atoms with E-state index in [1.165, 1.54) is 11.3 Å². The molecule has 2 rings (SSSR count). The molecule has 0 atom stereocenters. The molecule has 1 aromatic carbocycles. The van der Waals surface area contributed by atoms with E-state index in [4.69, 9.17) is 15.2 Å². The van der Waals surface area contributed by atoms with Crippen molar-refractivity contribution in [1.29, 1.82) is 0 Å². The molecule has 7 heteroatoms. The van der Waals surface area contributed by atoms with E-state index < -0.39 is 0 Å². The summed E-state index contributed by atoms with van der Waals surface area (Å²) in [6.07, 6.45) is 0. The van der Waals surface area contributed by atoms with Gasteiger partial charge in [-0.15, -0.1) is 10.2 Å². The third-order valence-electron chi connectivity index (χ3n) is 2.23. The quantitative estimate of drug-likeness (QED) is 0.850. The number of hydrogen-bond acceptors (Lipinski definition) is 7. The number of nitrogen functional groups attached to an aromatic ring is 1. The highest BCUT2D eigenvalue weighted by Gasteiger charge is 2.06. The van der Waals surface area contributed by atoms with E-state index >= 15 is 0 Å². The fraction of sp³-hybridized carbons (Fsp3) is 0.273. The maximum absolute atomic E-state index is 5.53. The number of aromatic nitrogens is 2. The first-order valence-corrected chi connectivity index (χ1v) is 6.96. The average molecular weight is 283 g/mol. The molecule has 1 heterocycles. The van der Waals surface area contributed by atoms with Gasteiger partial charge in [0.05, 0.1) is 14.2 Å². The van der Waals surface area contributed by atoms with Crippen molar-refractivity contribution in [2.24, 2.45) is 0 Å². The summed E-state index contributed by atoms with van der Waals surface area (Å²) >= 11 is 2.98. The van der Waals surface area contributed by atoms with E-state index in [1.54, 1.807) is 26.0 Å². The summed E-state index contributed by atoms with van der Waals surface area (Å²) in [6, 6.07) is 5.85. The Morgan fingerprint density at radius 1 is 1.22 bits per heavy atom. The standard InChI is InChI=1S/C11H13N3O2S2/c1-15-8-4-3-7(5-9(8)16-2)6-17-11-14-13-10(12)18-11/h3-5H,6H2,1-2H3,(H2,12,13). The minimum Gasteiger partial charge on any atom is -0.493 e. The summed E-state index contributed by atoms with van der Waals surface area (Å²) in [6.45, 7) is 0. The molecule has 18 heavy (non-hydrogen) atoms. The number of methoxy groups -OCH3 is 2. The van der Waals surface area contributed by atoms with Crippen molar-refractivity contribution in [2.45, 2.75) is 10.1 Å². The molecule has 0 saturated carbocycles. The van der Waals surface area contributed by atoms with E-state index in [-0.39, 0.29) is 0 Å². The summed E-state index contributed by atoms with van der Waals surface area (Å²) in [5, 5.41) is 8.22. The second-order valence-electron chi connectivity index (χ2n) is 3.38. The fourth-order valence-electron chi connectivity index (χ4n) is 1.39. The highest BCUT2D eigenvalue weighted by atomic mass is 32.2. The molecule has 0 aliphatic heterocycles. The zero-order valence-electron chi connectivity index (χ0n) is 10.0. The molecule has 0 amide bonds. The SMILES string of the molecule is COc1ccc(CSc2nnc(N)s2)cc1OC. The normalized spacial score (nSPS) is 10.3. The van der Waals surface area contributed by atoms with E-state index in [2.05, 4.69) is 10.2 Å². The number of ether oxygens (including phenoxy) is 2. The van der Waals surface area contributed by atoms with Crippen LogP contribution in [0.3, 0.4) is 0 Å². The third-order valence-corrected chi connectivity index (χ3v) is 4.19. The molecule has 0 fully saturated rings. The van der Waals surface area contributed by atoms with Crippen molar-refractivity contribution in [3.05, 3.63) is 23.8 Å². The van der Waals surface area contributed by atoms with Gasteiger partial charge in [0.15, 0.2) is 15.8 Å². The lowest BCUT2D eigenvalue weighted by Gasteiger charge is -2.08. The Balaban J connectivity index is 2.05. The van der Waals surface area contributed by atoms with Crippen molar-refractivity contribution in [3.63, 3.8) is 0 Å². The smallest absolute Gasteiger partial charge is 0.203 e. The van der Waals surface area contributed by atoms with Crippen molar-refractivity contribution in [1.82, 2.24) is 10.2 Å². The maximum Gasteiger partial charge on any atom is 0.203 e. The highest BCUT2D eigenvalue weighted by molar-refractivity contribution is 8.00. The van der Waals surface area contributed by atoms with Gasteiger partial charge in [0.2, 0.25) is 5.13 Å². The van der Waals surface area contributed by atoms with Crippen molar-refractivity contribution < 1.29 is 9.47 Å². The fourth-order valence-corrected chi connectivity index (χ4v) is 2.97. The Bertz CT molecular complexity index is 531. The topological polar surface area (TPSA) is 70.3 Å². The molecule has 2 aromatic rings. The molecule has 0 spiro atoms. The molecule has 96 valence electrons. The zero-order valence-corrected chi connectivity index (χ0v) is 11.7. The van der Waals surface area contributed by atoms with E-state index in [0.717, 1.165) is 27.2 Å². The number of nitrogens with zero attached hydrogens (tertiary/aromatic N) is 2. The molecule has 0 saturated heterocycles. The molecule has 0 radical (unpaired) electrons. The first-order chi connectivity index (χ1) is 8.72. The van der Waals surface area contributed by atoms with E-state index in [1.807, 2.05) is 18.2 Å². The van der Waals surface area contributed by atoms with Crippen LogP contribution >= 0.6 is 23.1 Å². The monoisotopic (exact) mass is 283 g/mol. The van der Waals surface area contributed by atoms with Gasteiger partial charge in [-0.2, -0.15) is 0 Å². The number of hydrogen-bond donors (Lipinski definition) is 1. The van der Waals surface area contributed by atoms with Gasteiger partial charge in [0.1, 0.15) is 0 Å². The van der Waals surface area contributed by atoms with Crippen molar-refractivity contribution in [2.75, 3.05) is 20.0 Å². The molecule has 5 nitrogen and oxygen atoms in total. The Morgan fingerprint density at radius 2 is 2.00 bits per heavy atom. The van der Waals surface area contributed by atoms with Gasteiger partial charge in [-0.3, -0.25) is 0 Å². The van der Waals surface area contributed by atoms with Crippen LogP contribution in [0.1, 0.15) is 5.56 Å². The minimum atomic E-state index is 0.491. The largest absolute Gasteiger partial charge is 0.493 e. The minimum absolute atomic E-state index is 0.491. The predicted octanol–water partition coefficient (Wildman–Crippen LogP) is 2.43. The van der Waals surface area contributed by atoms with Crippen LogP contribution in [0, 0.1) is 0 Å². The van der Waals surface area contributed by atoms with Crippen LogP contribution < -0.4 is 15.2 Å². The molecule has 0 aliphatic rings. The first-order valence-electron chi connectivity index (χ1n) is 5.15. The number of anilines is 1. The Morgan fingerprint density at radius 3 is 2.61 bits per heavy atom. The Labute approximate surface area is 113 Å². The Kier molecular flexibility index (Phi) is 4.27. The van der Waals surface area contributed by atoms with Gasteiger partial charge in [-0.25, -0.2) is 0 Å². The summed E-state index contributed by atoms with van der Waals surface area (Å²) in [4.78, 5) is 0. The van der Waals surface area contributed by atoms with Crippen LogP contribution in [0.2, 0.25) is 0 Å². The van der Waals surface area contributed by atoms with Crippen LogP contribution in [-0.4, -0.2) is 24.4 Å². The average Bonchev–Trinajstić information content (AvgIpc) is 2.81. The summed E-state index contributed by atoms with van der Waals surface area (Å²) in [7, 11) is 3.25. The van der Waals surface area contributed by atoms with Crippen molar-refractivity contribution in [3.8, 4) is 11.5 Å². The molecule has 0 bridgehead atoms. The maximum atomic E-state index is 5.53. The lowest BCUT2D eigenvalue weighted by Crippen LogP contribution is -1.91. The summed E-state index contributed by atoms with van der Waals surface area (Å²) < 4.78 is 11.3. The van der Waals surface area contributed by atoms with Crippen LogP contribution in [0.25, 0.3) is 0 Å². The first kappa shape index (κ1) is 13.0. The van der Waals surface area contributed by atoms with Crippen molar-refractivity contribution >= 4 is 28.2 Å². The van der Waals surface area contributed by atoms with Crippen LogP contribution in [0.5, 0.6) is 11.5 Å². The van der Waals surface area contributed by atoms with Crippen LogP contribution in [0.4, 0.5) is 5.13 Å². The zero-order chi connectivity index (χ0) is 13.0. The van der Waals surface area contributed by atoms with Crippen LogP contribution in [0.15, 0.2) is 22.5 Å². The second-order valence-corrected chi connectivity index (χ2v) is 5.62. The molecule has 0 aliphatic carbocycles. The lowest BCUT2D eigenvalue weighted by molar-refractivity contribution is 0.354. The molecule has 2 N–H and O–H groups in total. The number of thioether (sulfide) groups is 1. The van der Waals surface area contributed by atoms with Gasteiger partial charge >= 0.3 is 0 Å². The van der Waals surface area contributed by atoms with Crippen LogP contribution in [-0.2, 0) is 5.75 Å². The Hall–Kier alpha value is -1.47. The number of benzene rings is 1. The second kappa shape index (κ2) is 5.92. The molecular formula is C11H13N3O2S2. The van der Waals surface area contributed by atoms with Gasteiger partial charge in [0.25, 0.3) is 0 Å². The predicted molar refractivity (Wildman–Crippen MR) is 73.4 cm³/mol. The number of rotatable bonds is 5. The molecule has 1 aromatic heterocycles. The lowest BCUT2D eigenvalue weighted by atomic mass is 10.2. The number of nitrogens with two attached hydrogens (primary N) is 1. The van der Waals surface area contributed by atoms with E-state index in [0.29, 0.717) is 5.13 Å².